The molecule has 0 spiro atoms. The summed E-state index contributed by atoms with van der Waals surface area (Å²) < 4.78 is 64.4. The van der Waals surface area contributed by atoms with Gasteiger partial charge in [-0.05, 0) is 6.07 Å². The van der Waals surface area contributed by atoms with E-state index in [1.807, 2.05) is 0 Å². The zero-order chi connectivity index (χ0) is 18.8. The number of halogens is 5. The Kier molecular flexibility index (Phi) is 5.40. The molecule has 1 aromatic rings. The van der Waals surface area contributed by atoms with Crippen LogP contribution in [0.25, 0.3) is 0 Å². The maximum Gasteiger partial charge on any atom is 0.419 e. The van der Waals surface area contributed by atoms with Crippen LogP contribution in [0.1, 0.15) is 17.5 Å². The average molecular weight is 381 g/mol. The molecule has 25 heavy (non-hydrogen) atoms. The standard InChI is InChI=1S/C13H8F5N3O3S/c14-7-2-8(15)6(13(16,17)18)1-5(7)4-19-21-12-20-11(24)9(25-12)3-10(22)23/h1-2,4,9H,3H2,(H,22,23)(H,20,21,24). The Balaban J connectivity index is 2.18. The molecular formula is C13H8F5N3O3S. The lowest BCUT2D eigenvalue weighted by Crippen LogP contribution is -2.26. The Morgan fingerprint density at radius 2 is 2.00 bits per heavy atom. The molecule has 134 valence electrons. The Labute approximate surface area is 140 Å². The molecule has 1 atom stereocenters. The topological polar surface area (TPSA) is 91.1 Å². The van der Waals surface area contributed by atoms with Crippen molar-refractivity contribution < 1.29 is 36.6 Å². The Morgan fingerprint density at radius 1 is 1.32 bits per heavy atom. The number of hydrogen-bond acceptors (Lipinski definition) is 5. The average Bonchev–Trinajstić information content (AvgIpc) is 2.79. The summed E-state index contributed by atoms with van der Waals surface area (Å²) in [5.74, 6) is -4.86. The lowest BCUT2D eigenvalue weighted by molar-refractivity contribution is -0.140. The van der Waals surface area contributed by atoms with Crippen LogP contribution in [-0.2, 0) is 15.8 Å². The largest absolute Gasteiger partial charge is 0.481 e. The molecule has 12 heteroatoms. The van der Waals surface area contributed by atoms with Gasteiger partial charge >= 0.3 is 12.1 Å². The molecule has 0 bridgehead atoms. The van der Waals surface area contributed by atoms with Crippen molar-refractivity contribution in [2.45, 2.75) is 17.8 Å². The number of hydrogen-bond donors (Lipinski definition) is 2. The molecule has 0 saturated carbocycles. The van der Waals surface area contributed by atoms with Crippen LogP contribution in [0.5, 0.6) is 0 Å². The van der Waals surface area contributed by atoms with Gasteiger partial charge in [0, 0.05) is 11.6 Å². The Hall–Kier alpha value is -2.50. The van der Waals surface area contributed by atoms with E-state index in [2.05, 4.69) is 15.5 Å². The first kappa shape index (κ1) is 18.8. The molecule has 1 amide bonds. The van der Waals surface area contributed by atoms with Gasteiger partial charge < -0.3 is 10.4 Å². The van der Waals surface area contributed by atoms with Crippen molar-refractivity contribution in [2.75, 3.05) is 0 Å². The maximum atomic E-state index is 13.5. The van der Waals surface area contributed by atoms with Crippen LogP contribution in [0, 0.1) is 11.6 Å². The van der Waals surface area contributed by atoms with Crippen LogP contribution in [0.3, 0.4) is 0 Å². The highest BCUT2D eigenvalue weighted by Gasteiger charge is 2.35. The van der Waals surface area contributed by atoms with E-state index in [1.165, 1.54) is 0 Å². The van der Waals surface area contributed by atoms with E-state index < -0.39 is 52.5 Å². The number of rotatable bonds is 4. The van der Waals surface area contributed by atoms with Gasteiger partial charge in [-0.3, -0.25) is 9.59 Å². The number of amides is 1. The molecule has 2 rings (SSSR count). The summed E-state index contributed by atoms with van der Waals surface area (Å²) in [5, 5.41) is 16.6. The van der Waals surface area contributed by atoms with Crippen molar-refractivity contribution >= 4 is 35.0 Å². The van der Waals surface area contributed by atoms with E-state index in [0.29, 0.717) is 6.21 Å². The van der Waals surface area contributed by atoms with Gasteiger partial charge in [0.1, 0.15) is 16.9 Å². The van der Waals surface area contributed by atoms with Crippen LogP contribution in [0.15, 0.2) is 22.3 Å². The van der Waals surface area contributed by atoms with Crippen LogP contribution in [0.2, 0.25) is 0 Å². The number of benzene rings is 1. The predicted octanol–water partition coefficient (Wildman–Crippen LogP) is 2.38. The summed E-state index contributed by atoms with van der Waals surface area (Å²) in [7, 11) is 0. The highest BCUT2D eigenvalue weighted by atomic mass is 32.2. The van der Waals surface area contributed by atoms with Gasteiger partial charge in [-0.15, -0.1) is 5.10 Å². The lowest BCUT2D eigenvalue weighted by atomic mass is 10.1. The van der Waals surface area contributed by atoms with Crippen molar-refractivity contribution in [1.29, 1.82) is 0 Å². The minimum absolute atomic E-state index is 0.0757. The molecule has 1 aliphatic heterocycles. The predicted molar refractivity (Wildman–Crippen MR) is 78.2 cm³/mol. The number of amidine groups is 1. The van der Waals surface area contributed by atoms with Crippen LogP contribution >= 0.6 is 11.8 Å². The van der Waals surface area contributed by atoms with Gasteiger partial charge in [-0.25, -0.2) is 8.78 Å². The molecule has 1 saturated heterocycles. The third-order valence-electron chi connectivity index (χ3n) is 2.87. The number of alkyl halides is 3. The quantitative estimate of drug-likeness (QED) is 0.476. The molecule has 1 heterocycles. The number of carbonyl (C=O) groups excluding carboxylic acids is 1. The van der Waals surface area contributed by atoms with E-state index in [0.717, 1.165) is 11.8 Å². The number of carboxylic acid groups (broad SMARTS) is 1. The third kappa shape index (κ3) is 4.75. The first-order valence-electron chi connectivity index (χ1n) is 6.44. The number of nitrogens with one attached hydrogen (secondary N) is 1. The zero-order valence-electron chi connectivity index (χ0n) is 12.0. The zero-order valence-corrected chi connectivity index (χ0v) is 12.8. The SMILES string of the molecule is O=C(O)CC1SC(=NN=Cc2cc(C(F)(F)F)c(F)cc2F)NC1=O. The maximum absolute atomic E-state index is 13.5. The summed E-state index contributed by atoms with van der Waals surface area (Å²) in [6.45, 7) is 0. The highest BCUT2D eigenvalue weighted by Crippen LogP contribution is 2.32. The van der Waals surface area contributed by atoms with Gasteiger partial charge in [-0.1, -0.05) is 11.8 Å². The molecule has 2 N–H and O–H groups in total. The second kappa shape index (κ2) is 7.17. The van der Waals surface area contributed by atoms with Gasteiger partial charge in [0.05, 0.1) is 18.2 Å². The number of thioether (sulfide) groups is 1. The fourth-order valence-electron chi connectivity index (χ4n) is 1.77. The second-order valence-electron chi connectivity index (χ2n) is 4.69. The van der Waals surface area contributed by atoms with Crippen LogP contribution in [0.4, 0.5) is 22.0 Å². The van der Waals surface area contributed by atoms with E-state index in [9.17, 15) is 31.5 Å². The van der Waals surface area contributed by atoms with Gasteiger partial charge in [0.25, 0.3) is 0 Å². The lowest BCUT2D eigenvalue weighted by Gasteiger charge is -2.08. The third-order valence-corrected chi connectivity index (χ3v) is 3.95. The molecule has 1 aromatic carbocycles. The number of aliphatic carboxylic acids is 1. The number of carbonyl (C=O) groups is 2. The fourth-order valence-corrected chi connectivity index (χ4v) is 2.69. The number of nitrogens with zero attached hydrogens (tertiary/aromatic N) is 2. The van der Waals surface area contributed by atoms with Crippen molar-refractivity contribution in [1.82, 2.24) is 5.32 Å². The first-order chi connectivity index (χ1) is 11.6. The van der Waals surface area contributed by atoms with Crippen molar-refractivity contribution in [2.24, 2.45) is 10.2 Å². The molecule has 1 fully saturated rings. The summed E-state index contributed by atoms with van der Waals surface area (Å²) in [5.41, 5.74) is -2.32. The van der Waals surface area contributed by atoms with Gasteiger partial charge in [0.2, 0.25) is 5.91 Å². The van der Waals surface area contributed by atoms with Gasteiger partial charge in [-0.2, -0.15) is 18.3 Å². The normalized spacial score (nSPS) is 19.6. The summed E-state index contributed by atoms with van der Waals surface area (Å²) in [4.78, 5) is 22.0. The minimum atomic E-state index is -5.01. The Bertz CT molecular complexity index is 779. The molecule has 6 nitrogen and oxygen atoms in total. The van der Waals surface area contributed by atoms with Crippen LogP contribution in [-0.4, -0.2) is 33.6 Å². The number of carboxylic acids is 1. The van der Waals surface area contributed by atoms with Crippen molar-refractivity contribution in [3.63, 3.8) is 0 Å². The van der Waals surface area contributed by atoms with Crippen molar-refractivity contribution in [3.05, 3.63) is 34.9 Å². The van der Waals surface area contributed by atoms with Gasteiger partial charge in [0.15, 0.2) is 5.17 Å². The molecular weight excluding hydrogens is 373 g/mol. The smallest absolute Gasteiger partial charge is 0.419 e. The molecule has 0 aromatic heterocycles. The summed E-state index contributed by atoms with van der Waals surface area (Å²) in [6, 6.07) is 0.314. The van der Waals surface area contributed by atoms with E-state index in [-0.39, 0.29) is 17.3 Å². The summed E-state index contributed by atoms with van der Waals surface area (Å²) in [6.07, 6.45) is -4.85. The minimum Gasteiger partial charge on any atom is -0.481 e. The van der Waals surface area contributed by atoms with Crippen molar-refractivity contribution in [3.8, 4) is 0 Å². The molecule has 1 aliphatic rings. The fraction of sp³-hybridized carbons (Fsp3) is 0.231. The molecule has 1 unspecified atom stereocenters. The highest BCUT2D eigenvalue weighted by molar-refractivity contribution is 8.15. The molecule has 0 radical (unpaired) electrons. The summed E-state index contributed by atoms with van der Waals surface area (Å²) >= 11 is 0.757. The van der Waals surface area contributed by atoms with E-state index in [4.69, 9.17) is 5.11 Å². The van der Waals surface area contributed by atoms with Crippen LogP contribution < -0.4 is 5.32 Å². The van der Waals surface area contributed by atoms with E-state index >= 15 is 0 Å². The second-order valence-corrected chi connectivity index (χ2v) is 5.89. The first-order valence-corrected chi connectivity index (χ1v) is 7.32. The molecule has 0 aliphatic carbocycles. The monoisotopic (exact) mass is 381 g/mol. The van der Waals surface area contributed by atoms with E-state index in [1.54, 1.807) is 0 Å². The Morgan fingerprint density at radius 3 is 2.60 bits per heavy atom.